The van der Waals surface area contributed by atoms with Crippen molar-refractivity contribution in [1.29, 1.82) is 0 Å². The summed E-state index contributed by atoms with van der Waals surface area (Å²) in [6.07, 6.45) is 2.27. The van der Waals surface area contributed by atoms with E-state index in [1.807, 2.05) is 0 Å². The quantitative estimate of drug-likeness (QED) is 0.481. The third-order valence-electron chi connectivity index (χ3n) is 7.29. The molecule has 1 aliphatic carbocycles. The van der Waals surface area contributed by atoms with Crippen molar-refractivity contribution in [2.75, 3.05) is 31.6 Å². The first-order valence-corrected chi connectivity index (χ1v) is 12.2. The summed E-state index contributed by atoms with van der Waals surface area (Å²) in [6.45, 7) is 4.33. The summed E-state index contributed by atoms with van der Waals surface area (Å²) in [5.74, 6) is -3.34. The molecule has 7 nitrogen and oxygen atoms in total. The molecule has 1 saturated carbocycles. The number of hydrogen-bond donors (Lipinski definition) is 1. The molecule has 35 heavy (non-hydrogen) atoms. The molecule has 12 heteroatoms. The molecule has 0 bridgehead atoms. The third-order valence-corrected chi connectivity index (χ3v) is 7.98. The van der Waals surface area contributed by atoms with Gasteiger partial charge in [0.1, 0.15) is 6.17 Å². The molecule has 2 aromatic heterocycles. The summed E-state index contributed by atoms with van der Waals surface area (Å²) in [4.78, 5) is 10.8. The van der Waals surface area contributed by atoms with E-state index in [1.165, 1.54) is 17.1 Å². The molecule has 0 spiro atoms. The minimum atomic E-state index is -2.71. The molecule has 0 amide bonds. The second kappa shape index (κ2) is 8.19. The van der Waals surface area contributed by atoms with Gasteiger partial charge in [0.15, 0.2) is 5.15 Å². The highest BCUT2D eigenvalue weighted by molar-refractivity contribution is 6.35. The largest absolute Gasteiger partial charge is 0.377 e. The van der Waals surface area contributed by atoms with Crippen LogP contribution in [0.25, 0.3) is 10.9 Å². The van der Waals surface area contributed by atoms with Crippen LogP contribution in [0.4, 0.5) is 24.8 Å². The molecule has 3 unspecified atom stereocenters. The van der Waals surface area contributed by atoms with E-state index in [4.69, 9.17) is 27.9 Å². The molecule has 3 aromatic rings. The average Bonchev–Trinajstić information content (AvgIpc) is 3.30. The van der Waals surface area contributed by atoms with Gasteiger partial charge in [-0.2, -0.15) is 5.10 Å². The van der Waals surface area contributed by atoms with Gasteiger partial charge < -0.3 is 10.1 Å². The van der Waals surface area contributed by atoms with Crippen LogP contribution in [0.15, 0.2) is 24.5 Å². The number of anilines is 2. The monoisotopic (exact) mass is 526 g/mol. The lowest BCUT2D eigenvalue weighted by Gasteiger charge is -2.50. The zero-order chi connectivity index (χ0) is 24.5. The number of piperidine rings is 1. The molecule has 6 rings (SSSR count). The van der Waals surface area contributed by atoms with E-state index in [-0.39, 0.29) is 23.1 Å². The second-order valence-electron chi connectivity index (χ2n) is 9.87. The van der Waals surface area contributed by atoms with Gasteiger partial charge >= 0.3 is 0 Å². The second-order valence-corrected chi connectivity index (χ2v) is 10.6. The van der Waals surface area contributed by atoms with Crippen LogP contribution < -0.4 is 5.32 Å². The molecular formula is C23H23Cl2F3N6O. The summed E-state index contributed by atoms with van der Waals surface area (Å²) >= 11 is 12.9. The van der Waals surface area contributed by atoms with Crippen molar-refractivity contribution in [2.45, 2.75) is 49.4 Å². The standard InChI is InChI=1S/C23H23Cl2F3N6O/c1-22(10-35-11-22)33-3-2-19(16(26)9-33)34-20(25)18(8-30-34)32-21-29-7-13-15(24)4-12(5-17(13)31-21)14-6-23(14,27)28/h4-5,7-8,14,16,19H,2-3,6,9-11H2,1H3,(H,29,31,32). The molecule has 1 aromatic carbocycles. The van der Waals surface area contributed by atoms with Crippen molar-refractivity contribution >= 4 is 45.7 Å². The van der Waals surface area contributed by atoms with Crippen molar-refractivity contribution in [3.63, 3.8) is 0 Å². The molecule has 4 heterocycles. The van der Waals surface area contributed by atoms with Crippen LogP contribution >= 0.6 is 23.2 Å². The predicted molar refractivity (Wildman–Crippen MR) is 127 cm³/mol. The van der Waals surface area contributed by atoms with Crippen LogP contribution in [-0.2, 0) is 4.74 Å². The zero-order valence-corrected chi connectivity index (χ0v) is 20.3. The molecule has 3 aliphatic rings. The Morgan fingerprint density at radius 2 is 1.97 bits per heavy atom. The van der Waals surface area contributed by atoms with E-state index in [2.05, 4.69) is 32.2 Å². The summed E-state index contributed by atoms with van der Waals surface area (Å²) in [5, 5.41) is 8.46. The molecule has 2 saturated heterocycles. The van der Waals surface area contributed by atoms with Crippen LogP contribution in [0.5, 0.6) is 0 Å². The summed E-state index contributed by atoms with van der Waals surface area (Å²) in [6, 6.07) is 2.67. The number of ether oxygens (including phenoxy) is 1. The van der Waals surface area contributed by atoms with Gasteiger partial charge in [-0.05, 0) is 31.0 Å². The van der Waals surface area contributed by atoms with Gasteiger partial charge in [-0.25, -0.2) is 27.8 Å². The number of halogens is 5. The van der Waals surface area contributed by atoms with Gasteiger partial charge in [-0.1, -0.05) is 23.2 Å². The number of aromatic nitrogens is 4. The van der Waals surface area contributed by atoms with Gasteiger partial charge in [0.25, 0.3) is 5.92 Å². The Kier molecular flexibility index (Phi) is 5.45. The topological polar surface area (TPSA) is 68.1 Å². The van der Waals surface area contributed by atoms with Crippen molar-refractivity contribution < 1.29 is 17.9 Å². The van der Waals surface area contributed by atoms with Gasteiger partial charge in [0, 0.05) is 31.1 Å². The maximum absolute atomic E-state index is 15.2. The number of rotatable bonds is 5. The van der Waals surface area contributed by atoms with Crippen molar-refractivity contribution in [1.82, 2.24) is 24.6 Å². The molecular weight excluding hydrogens is 504 g/mol. The lowest BCUT2D eigenvalue weighted by Crippen LogP contribution is -2.63. The van der Waals surface area contributed by atoms with Gasteiger partial charge in [0.2, 0.25) is 5.95 Å². The minimum absolute atomic E-state index is 0.110. The van der Waals surface area contributed by atoms with Crippen molar-refractivity contribution in [2.24, 2.45) is 0 Å². The van der Waals surface area contributed by atoms with Gasteiger partial charge in [-0.15, -0.1) is 0 Å². The van der Waals surface area contributed by atoms with Crippen LogP contribution in [0, 0.1) is 0 Å². The fourth-order valence-corrected chi connectivity index (χ4v) is 5.51. The lowest BCUT2D eigenvalue weighted by molar-refractivity contribution is -0.145. The number of hydrogen-bond acceptors (Lipinski definition) is 6. The van der Waals surface area contributed by atoms with E-state index >= 15 is 4.39 Å². The average molecular weight is 527 g/mol. The highest BCUT2D eigenvalue weighted by Crippen LogP contribution is 2.56. The van der Waals surface area contributed by atoms with E-state index in [1.54, 1.807) is 12.1 Å². The van der Waals surface area contributed by atoms with E-state index < -0.39 is 24.1 Å². The van der Waals surface area contributed by atoms with E-state index in [9.17, 15) is 8.78 Å². The van der Waals surface area contributed by atoms with Crippen LogP contribution in [0.1, 0.15) is 37.3 Å². The smallest absolute Gasteiger partial charge is 0.255 e. The van der Waals surface area contributed by atoms with Gasteiger partial charge in [-0.3, -0.25) is 4.90 Å². The number of nitrogens with one attached hydrogen (secondary N) is 1. The molecule has 1 N–H and O–H groups in total. The fourth-order valence-electron chi connectivity index (χ4n) is 4.97. The Bertz CT molecular complexity index is 1300. The van der Waals surface area contributed by atoms with Crippen LogP contribution in [-0.4, -0.2) is 68.6 Å². The highest BCUT2D eigenvalue weighted by Gasteiger charge is 2.57. The number of alkyl halides is 3. The highest BCUT2D eigenvalue weighted by atomic mass is 35.5. The third kappa shape index (κ3) is 4.04. The Hall–Kier alpha value is -2.14. The summed E-state index contributed by atoms with van der Waals surface area (Å²) in [7, 11) is 0. The van der Waals surface area contributed by atoms with E-state index in [0.29, 0.717) is 53.4 Å². The number of fused-ring (bicyclic) bond motifs is 1. The molecule has 3 fully saturated rings. The Morgan fingerprint density at radius 1 is 1.20 bits per heavy atom. The Labute approximate surface area is 209 Å². The van der Waals surface area contributed by atoms with Crippen molar-refractivity contribution in [3.05, 3.63) is 40.3 Å². The van der Waals surface area contributed by atoms with Crippen molar-refractivity contribution in [3.8, 4) is 0 Å². The molecule has 3 atom stereocenters. The summed E-state index contributed by atoms with van der Waals surface area (Å²) < 4.78 is 49.1. The summed E-state index contributed by atoms with van der Waals surface area (Å²) in [5.41, 5.74) is 1.21. The number of likely N-dealkylation sites (tertiary alicyclic amines) is 1. The number of benzene rings is 1. The predicted octanol–water partition coefficient (Wildman–Crippen LogP) is 5.37. The SMILES string of the molecule is CC1(N2CCC(n3ncc(Nc4ncc5c(Cl)cc(C6CC6(F)F)cc5n4)c3Cl)C(F)C2)COC1. The Morgan fingerprint density at radius 3 is 2.63 bits per heavy atom. The van der Waals surface area contributed by atoms with Crippen LogP contribution in [0.2, 0.25) is 10.2 Å². The molecule has 0 radical (unpaired) electrons. The minimum Gasteiger partial charge on any atom is -0.377 e. The first kappa shape index (κ1) is 23.3. The zero-order valence-electron chi connectivity index (χ0n) is 18.8. The maximum Gasteiger partial charge on any atom is 0.255 e. The first-order chi connectivity index (χ1) is 16.6. The van der Waals surface area contributed by atoms with Crippen LogP contribution in [0.3, 0.4) is 0 Å². The maximum atomic E-state index is 15.2. The number of nitrogens with zero attached hydrogens (tertiary/aromatic N) is 5. The molecule has 2 aliphatic heterocycles. The lowest BCUT2D eigenvalue weighted by atomic mass is 9.92. The molecule has 186 valence electrons. The first-order valence-electron chi connectivity index (χ1n) is 11.5. The normalized spacial score (nSPS) is 27.5. The Balaban J connectivity index is 1.21. The fraction of sp³-hybridized carbons (Fsp3) is 0.522. The van der Waals surface area contributed by atoms with E-state index in [0.717, 1.165) is 6.54 Å². The van der Waals surface area contributed by atoms with Gasteiger partial charge in [0.05, 0.1) is 53.1 Å².